The third-order valence-corrected chi connectivity index (χ3v) is 4.84. The normalized spacial score (nSPS) is 14.2. The Morgan fingerprint density at radius 2 is 2.04 bits per heavy atom. The number of hydrogen-bond acceptors (Lipinski definition) is 3. The summed E-state index contributed by atoms with van der Waals surface area (Å²) in [6.45, 7) is 9.44. The number of aliphatic hydroxyl groups is 1. The second-order valence-electron chi connectivity index (χ2n) is 7.37. The fraction of sp³-hybridized carbons (Fsp3) is 0.409. The molecular formula is C22H30N4O2. The lowest BCUT2D eigenvalue weighted by Crippen LogP contribution is -2.39. The van der Waals surface area contributed by atoms with Gasteiger partial charge in [-0.15, -0.1) is 0 Å². The first kappa shape index (κ1) is 20.0. The Morgan fingerprint density at radius 3 is 2.75 bits per heavy atom. The Morgan fingerprint density at radius 1 is 1.21 bits per heavy atom. The molecule has 4 N–H and O–H groups in total. The number of aliphatic imine (C=N–C) groups is 1. The van der Waals surface area contributed by atoms with Crippen molar-refractivity contribution in [3.05, 3.63) is 59.2 Å². The van der Waals surface area contributed by atoms with Gasteiger partial charge in [0.1, 0.15) is 17.1 Å². The molecule has 28 heavy (non-hydrogen) atoms. The molecular weight excluding hydrogens is 352 g/mol. The first-order valence-corrected chi connectivity index (χ1v) is 9.78. The Labute approximate surface area is 166 Å². The molecule has 0 bridgehead atoms. The first-order valence-electron chi connectivity index (χ1n) is 9.78. The van der Waals surface area contributed by atoms with Gasteiger partial charge in [-0.3, -0.25) is 0 Å². The molecule has 0 fully saturated rings. The lowest BCUT2D eigenvalue weighted by molar-refractivity contribution is 0.0428. The molecule has 0 saturated heterocycles. The molecule has 0 aliphatic carbocycles. The third-order valence-electron chi connectivity index (χ3n) is 4.84. The van der Waals surface area contributed by atoms with Crippen LogP contribution in [0.5, 0.6) is 0 Å². The van der Waals surface area contributed by atoms with E-state index in [0.29, 0.717) is 11.7 Å². The number of nitrogens with zero attached hydrogens (tertiary/aromatic N) is 1. The summed E-state index contributed by atoms with van der Waals surface area (Å²) in [6, 6.07) is 9.95. The Hall–Kier alpha value is -2.73. The number of aromatic nitrogens is 1. The fourth-order valence-corrected chi connectivity index (χ4v) is 3.34. The van der Waals surface area contributed by atoms with Gasteiger partial charge < -0.3 is 25.1 Å². The molecule has 1 unspecified atom stereocenters. The molecule has 6 heteroatoms. The van der Waals surface area contributed by atoms with Crippen molar-refractivity contribution in [2.24, 2.45) is 4.99 Å². The van der Waals surface area contributed by atoms with E-state index in [1.165, 1.54) is 22.0 Å². The quantitative estimate of drug-likeness (QED) is 0.373. The van der Waals surface area contributed by atoms with Crippen molar-refractivity contribution < 1.29 is 9.52 Å². The van der Waals surface area contributed by atoms with E-state index in [0.717, 1.165) is 25.3 Å². The van der Waals surface area contributed by atoms with Crippen LogP contribution in [0.4, 0.5) is 0 Å². The van der Waals surface area contributed by atoms with Gasteiger partial charge in [-0.25, -0.2) is 4.99 Å². The number of guanidine groups is 1. The lowest BCUT2D eigenvalue weighted by atomic mass is 10.0. The molecule has 2 heterocycles. The second kappa shape index (κ2) is 8.52. The van der Waals surface area contributed by atoms with Crippen LogP contribution in [0, 0.1) is 13.8 Å². The molecule has 6 nitrogen and oxygen atoms in total. The van der Waals surface area contributed by atoms with Gasteiger partial charge in [-0.05, 0) is 63.4 Å². The lowest BCUT2D eigenvalue weighted by Gasteiger charge is -2.19. The summed E-state index contributed by atoms with van der Waals surface area (Å²) in [5.74, 6) is 1.99. The predicted octanol–water partition coefficient (Wildman–Crippen LogP) is 3.38. The SMILES string of the molecule is CCNC(=NCC(C)(O)c1ccc(C)o1)NCCc1c[nH]c2cccc(C)c12. The Bertz CT molecular complexity index is 953. The second-order valence-corrected chi connectivity index (χ2v) is 7.37. The summed E-state index contributed by atoms with van der Waals surface area (Å²) in [4.78, 5) is 7.89. The van der Waals surface area contributed by atoms with Crippen molar-refractivity contribution in [3.8, 4) is 0 Å². The molecule has 0 amide bonds. The molecule has 0 aliphatic heterocycles. The Balaban J connectivity index is 1.63. The van der Waals surface area contributed by atoms with Crippen LogP contribution in [0.15, 0.2) is 45.9 Å². The number of benzene rings is 1. The molecule has 2 aromatic heterocycles. The van der Waals surface area contributed by atoms with Gasteiger partial charge in [0.2, 0.25) is 0 Å². The summed E-state index contributed by atoms with van der Waals surface area (Å²) in [6.07, 6.45) is 2.95. The molecule has 0 aliphatic rings. The van der Waals surface area contributed by atoms with E-state index in [1.807, 2.05) is 19.9 Å². The number of nitrogens with one attached hydrogen (secondary N) is 3. The molecule has 0 radical (unpaired) electrons. The number of aryl methyl sites for hydroxylation is 2. The van der Waals surface area contributed by atoms with Crippen LogP contribution in [-0.2, 0) is 12.0 Å². The average molecular weight is 383 g/mol. The summed E-state index contributed by atoms with van der Waals surface area (Å²) < 4.78 is 5.56. The molecule has 1 aromatic carbocycles. The van der Waals surface area contributed by atoms with Crippen molar-refractivity contribution in [1.82, 2.24) is 15.6 Å². The molecule has 150 valence electrons. The third kappa shape index (κ3) is 4.57. The molecule has 0 spiro atoms. The van der Waals surface area contributed by atoms with E-state index >= 15 is 0 Å². The monoisotopic (exact) mass is 382 g/mol. The highest BCUT2D eigenvalue weighted by molar-refractivity contribution is 5.86. The summed E-state index contributed by atoms with van der Waals surface area (Å²) in [7, 11) is 0. The van der Waals surface area contributed by atoms with Crippen molar-refractivity contribution >= 4 is 16.9 Å². The minimum Gasteiger partial charge on any atom is -0.463 e. The number of fused-ring (bicyclic) bond motifs is 1. The van der Waals surface area contributed by atoms with E-state index in [-0.39, 0.29) is 6.54 Å². The van der Waals surface area contributed by atoms with Crippen molar-refractivity contribution in [2.75, 3.05) is 19.6 Å². The van der Waals surface area contributed by atoms with Gasteiger partial charge in [0.05, 0.1) is 6.54 Å². The van der Waals surface area contributed by atoms with Crippen molar-refractivity contribution in [2.45, 2.75) is 39.7 Å². The van der Waals surface area contributed by atoms with Crippen molar-refractivity contribution in [3.63, 3.8) is 0 Å². The van der Waals surface area contributed by atoms with Crippen LogP contribution in [0.1, 0.15) is 36.5 Å². The van der Waals surface area contributed by atoms with Crippen molar-refractivity contribution in [1.29, 1.82) is 0 Å². The van der Waals surface area contributed by atoms with Gasteiger partial charge in [0.15, 0.2) is 5.96 Å². The largest absolute Gasteiger partial charge is 0.463 e. The number of aromatic amines is 1. The van der Waals surface area contributed by atoms with Gasteiger partial charge in [0, 0.05) is 30.2 Å². The van der Waals surface area contributed by atoms with Gasteiger partial charge in [-0.1, -0.05) is 12.1 Å². The predicted molar refractivity (Wildman–Crippen MR) is 114 cm³/mol. The Kier molecular flexibility index (Phi) is 6.09. The maximum Gasteiger partial charge on any atom is 0.191 e. The maximum atomic E-state index is 10.7. The highest BCUT2D eigenvalue weighted by Crippen LogP contribution is 2.23. The maximum absolute atomic E-state index is 10.7. The van der Waals surface area contributed by atoms with Crippen LogP contribution in [-0.4, -0.2) is 35.7 Å². The van der Waals surface area contributed by atoms with E-state index in [1.54, 1.807) is 13.0 Å². The molecule has 1 atom stereocenters. The van der Waals surface area contributed by atoms with Crippen LogP contribution in [0.2, 0.25) is 0 Å². The van der Waals surface area contributed by atoms with Gasteiger partial charge in [-0.2, -0.15) is 0 Å². The highest BCUT2D eigenvalue weighted by Gasteiger charge is 2.26. The number of rotatable bonds is 7. The average Bonchev–Trinajstić information content (AvgIpc) is 3.27. The summed E-state index contributed by atoms with van der Waals surface area (Å²) in [5, 5.41) is 18.6. The van der Waals surface area contributed by atoms with Crippen LogP contribution in [0.25, 0.3) is 10.9 Å². The van der Waals surface area contributed by atoms with Gasteiger partial charge >= 0.3 is 0 Å². The summed E-state index contributed by atoms with van der Waals surface area (Å²) in [5.41, 5.74) is 2.58. The molecule has 0 saturated carbocycles. The van der Waals surface area contributed by atoms with E-state index in [9.17, 15) is 5.11 Å². The topological polar surface area (TPSA) is 85.6 Å². The van der Waals surface area contributed by atoms with E-state index in [2.05, 4.69) is 51.9 Å². The standard InChI is InChI=1S/C22H30N4O2/c1-5-23-21(26-14-22(4,27)19-10-9-16(3)28-19)24-12-11-17-13-25-18-8-6-7-15(2)20(17)18/h6-10,13,25,27H,5,11-12,14H2,1-4H3,(H2,23,24,26). The fourth-order valence-electron chi connectivity index (χ4n) is 3.34. The summed E-state index contributed by atoms with van der Waals surface area (Å²) >= 11 is 0. The molecule has 3 aromatic rings. The van der Waals surface area contributed by atoms with Crippen LogP contribution < -0.4 is 10.6 Å². The zero-order valence-electron chi connectivity index (χ0n) is 17.1. The van der Waals surface area contributed by atoms with Crippen LogP contribution >= 0.6 is 0 Å². The van der Waals surface area contributed by atoms with E-state index in [4.69, 9.17) is 4.42 Å². The minimum atomic E-state index is -1.15. The van der Waals surface area contributed by atoms with Crippen LogP contribution in [0.3, 0.4) is 0 Å². The minimum absolute atomic E-state index is 0.210. The molecule has 3 rings (SSSR count). The number of furan rings is 1. The van der Waals surface area contributed by atoms with Gasteiger partial charge in [0.25, 0.3) is 0 Å². The highest BCUT2D eigenvalue weighted by atomic mass is 16.4. The zero-order chi connectivity index (χ0) is 20.1. The first-order chi connectivity index (χ1) is 13.4. The number of H-pyrrole nitrogens is 1. The number of hydrogen-bond donors (Lipinski definition) is 4. The van der Waals surface area contributed by atoms with E-state index < -0.39 is 5.60 Å². The zero-order valence-corrected chi connectivity index (χ0v) is 17.1. The smallest absolute Gasteiger partial charge is 0.191 e.